The molecule has 0 aliphatic carbocycles. The summed E-state index contributed by atoms with van der Waals surface area (Å²) in [7, 11) is 0. The van der Waals surface area contributed by atoms with Crippen LogP contribution in [0.3, 0.4) is 0 Å². The molecule has 0 bridgehead atoms. The van der Waals surface area contributed by atoms with Crippen molar-refractivity contribution in [3.8, 4) is 0 Å². The van der Waals surface area contributed by atoms with Crippen LogP contribution in [0.5, 0.6) is 0 Å². The topological polar surface area (TPSA) is 20.2 Å². The van der Waals surface area contributed by atoms with E-state index in [1.807, 2.05) is 6.92 Å². The SMILES string of the molecule is C=C(CC)C(C)O. The van der Waals surface area contributed by atoms with Gasteiger partial charge in [0.05, 0.1) is 6.10 Å². The number of aliphatic hydroxyl groups excluding tert-OH is 1. The quantitative estimate of drug-likeness (QED) is 0.519. The Kier molecular flexibility index (Phi) is 2.68. The van der Waals surface area contributed by atoms with Crippen LogP contribution in [0, 0.1) is 0 Å². The monoisotopic (exact) mass is 100 g/mol. The molecule has 0 aliphatic heterocycles. The summed E-state index contributed by atoms with van der Waals surface area (Å²) in [6, 6.07) is 0. The molecule has 0 radical (unpaired) electrons. The van der Waals surface area contributed by atoms with Crippen molar-refractivity contribution in [3.05, 3.63) is 12.2 Å². The molecule has 1 heteroatoms. The van der Waals surface area contributed by atoms with Gasteiger partial charge in [-0.15, -0.1) is 0 Å². The lowest BCUT2D eigenvalue weighted by Crippen LogP contribution is -2.00. The lowest BCUT2D eigenvalue weighted by atomic mass is 10.1. The third-order valence-corrected chi connectivity index (χ3v) is 1.04. The van der Waals surface area contributed by atoms with Gasteiger partial charge >= 0.3 is 0 Å². The fourth-order valence-corrected chi connectivity index (χ4v) is 0.295. The van der Waals surface area contributed by atoms with Crippen LogP contribution in [0.2, 0.25) is 0 Å². The Morgan fingerprint density at radius 3 is 2.29 bits per heavy atom. The first-order chi connectivity index (χ1) is 3.18. The highest BCUT2D eigenvalue weighted by Gasteiger charge is 1.94. The zero-order valence-electron chi connectivity index (χ0n) is 4.94. The van der Waals surface area contributed by atoms with Crippen molar-refractivity contribution in [3.63, 3.8) is 0 Å². The van der Waals surface area contributed by atoms with E-state index < -0.39 is 0 Å². The van der Waals surface area contributed by atoms with Crippen molar-refractivity contribution in [2.45, 2.75) is 26.4 Å². The molecule has 1 N–H and O–H groups in total. The number of aliphatic hydroxyl groups is 1. The number of hydrogen-bond acceptors (Lipinski definition) is 1. The second kappa shape index (κ2) is 2.80. The van der Waals surface area contributed by atoms with E-state index in [0.29, 0.717) is 0 Å². The highest BCUT2D eigenvalue weighted by Crippen LogP contribution is 2.00. The third-order valence-electron chi connectivity index (χ3n) is 1.04. The van der Waals surface area contributed by atoms with Crippen LogP contribution < -0.4 is 0 Å². The number of hydrogen-bond donors (Lipinski definition) is 1. The van der Waals surface area contributed by atoms with Gasteiger partial charge in [-0.1, -0.05) is 13.5 Å². The molecule has 0 aliphatic rings. The standard InChI is InChI=1S/C6H12O/c1-4-5(2)6(3)7/h6-7H,2,4H2,1,3H3. The van der Waals surface area contributed by atoms with Gasteiger partial charge in [-0.3, -0.25) is 0 Å². The largest absolute Gasteiger partial charge is 0.389 e. The maximum absolute atomic E-state index is 8.72. The molecule has 0 aromatic heterocycles. The van der Waals surface area contributed by atoms with Gasteiger partial charge < -0.3 is 5.11 Å². The lowest BCUT2D eigenvalue weighted by molar-refractivity contribution is 0.228. The summed E-state index contributed by atoms with van der Waals surface area (Å²) in [5.74, 6) is 0. The van der Waals surface area contributed by atoms with E-state index in [4.69, 9.17) is 5.11 Å². The van der Waals surface area contributed by atoms with Gasteiger partial charge in [0.15, 0.2) is 0 Å². The Hall–Kier alpha value is -0.300. The summed E-state index contributed by atoms with van der Waals surface area (Å²) in [5.41, 5.74) is 0.903. The molecule has 1 atom stereocenters. The molecule has 42 valence electrons. The van der Waals surface area contributed by atoms with Crippen molar-refractivity contribution in [1.82, 2.24) is 0 Å². The fraction of sp³-hybridized carbons (Fsp3) is 0.667. The second-order valence-corrected chi connectivity index (χ2v) is 1.69. The molecule has 0 rings (SSSR count). The maximum Gasteiger partial charge on any atom is 0.0719 e. The third kappa shape index (κ3) is 2.40. The smallest absolute Gasteiger partial charge is 0.0719 e. The van der Waals surface area contributed by atoms with Crippen LogP contribution in [-0.2, 0) is 0 Å². The Morgan fingerprint density at radius 2 is 2.29 bits per heavy atom. The van der Waals surface area contributed by atoms with Gasteiger partial charge in [-0.25, -0.2) is 0 Å². The van der Waals surface area contributed by atoms with Crippen LogP contribution in [-0.4, -0.2) is 11.2 Å². The van der Waals surface area contributed by atoms with Gasteiger partial charge in [0.25, 0.3) is 0 Å². The Labute approximate surface area is 44.7 Å². The van der Waals surface area contributed by atoms with E-state index >= 15 is 0 Å². The first kappa shape index (κ1) is 6.70. The molecule has 0 fully saturated rings. The van der Waals surface area contributed by atoms with Crippen molar-refractivity contribution in [2.24, 2.45) is 0 Å². The van der Waals surface area contributed by atoms with Crippen LogP contribution in [0.15, 0.2) is 12.2 Å². The Morgan fingerprint density at radius 1 is 1.86 bits per heavy atom. The summed E-state index contributed by atoms with van der Waals surface area (Å²) < 4.78 is 0. The minimum Gasteiger partial charge on any atom is -0.389 e. The van der Waals surface area contributed by atoms with Crippen molar-refractivity contribution >= 4 is 0 Å². The molecule has 7 heavy (non-hydrogen) atoms. The summed E-state index contributed by atoms with van der Waals surface area (Å²) >= 11 is 0. The first-order valence-corrected chi connectivity index (χ1v) is 2.54. The predicted octanol–water partition coefficient (Wildman–Crippen LogP) is 1.33. The van der Waals surface area contributed by atoms with Gasteiger partial charge in [-0.05, 0) is 18.9 Å². The van der Waals surface area contributed by atoms with E-state index in [-0.39, 0.29) is 6.10 Å². The number of rotatable bonds is 2. The molecule has 0 spiro atoms. The van der Waals surface area contributed by atoms with Crippen LogP contribution in [0.25, 0.3) is 0 Å². The van der Waals surface area contributed by atoms with Crippen LogP contribution >= 0.6 is 0 Å². The molecule has 1 unspecified atom stereocenters. The molecule has 0 amide bonds. The van der Waals surface area contributed by atoms with Crippen molar-refractivity contribution in [1.29, 1.82) is 0 Å². The van der Waals surface area contributed by atoms with Crippen LogP contribution in [0.1, 0.15) is 20.3 Å². The minimum atomic E-state index is -0.329. The van der Waals surface area contributed by atoms with Crippen molar-refractivity contribution < 1.29 is 5.11 Å². The lowest BCUT2D eigenvalue weighted by Gasteiger charge is -2.02. The van der Waals surface area contributed by atoms with Gasteiger partial charge in [-0.2, -0.15) is 0 Å². The van der Waals surface area contributed by atoms with E-state index in [0.717, 1.165) is 12.0 Å². The summed E-state index contributed by atoms with van der Waals surface area (Å²) in [5, 5.41) is 8.72. The van der Waals surface area contributed by atoms with Gasteiger partial charge in [0.2, 0.25) is 0 Å². The molecule has 0 heterocycles. The fourth-order valence-electron chi connectivity index (χ4n) is 0.295. The van der Waals surface area contributed by atoms with E-state index in [1.54, 1.807) is 6.92 Å². The molecule has 0 aromatic carbocycles. The average molecular weight is 100 g/mol. The van der Waals surface area contributed by atoms with Gasteiger partial charge in [0.1, 0.15) is 0 Å². The maximum atomic E-state index is 8.72. The second-order valence-electron chi connectivity index (χ2n) is 1.69. The molecule has 0 aromatic rings. The predicted molar refractivity (Wildman–Crippen MR) is 31.1 cm³/mol. The highest BCUT2D eigenvalue weighted by molar-refractivity contribution is 4.97. The van der Waals surface area contributed by atoms with E-state index in [2.05, 4.69) is 6.58 Å². The summed E-state index contributed by atoms with van der Waals surface area (Å²) in [6.45, 7) is 7.33. The average Bonchev–Trinajstić information content (AvgIpc) is 1.65. The zero-order valence-corrected chi connectivity index (χ0v) is 4.94. The highest BCUT2D eigenvalue weighted by atomic mass is 16.3. The normalized spacial score (nSPS) is 13.6. The van der Waals surface area contributed by atoms with E-state index in [9.17, 15) is 0 Å². The minimum absolute atomic E-state index is 0.329. The Bertz CT molecular complexity index is 64.6. The summed E-state index contributed by atoms with van der Waals surface area (Å²) in [6.07, 6.45) is 0.544. The molecule has 0 saturated carbocycles. The van der Waals surface area contributed by atoms with Crippen LogP contribution in [0.4, 0.5) is 0 Å². The molecular formula is C6H12O. The summed E-state index contributed by atoms with van der Waals surface area (Å²) in [4.78, 5) is 0. The Balaban J connectivity index is 3.35. The van der Waals surface area contributed by atoms with Crippen molar-refractivity contribution in [2.75, 3.05) is 0 Å². The molecule has 1 nitrogen and oxygen atoms in total. The van der Waals surface area contributed by atoms with E-state index in [1.165, 1.54) is 0 Å². The molecule has 0 saturated heterocycles. The molecular weight excluding hydrogens is 88.1 g/mol. The zero-order chi connectivity index (χ0) is 5.86. The first-order valence-electron chi connectivity index (χ1n) is 2.54. The van der Waals surface area contributed by atoms with Gasteiger partial charge in [0, 0.05) is 0 Å².